The summed E-state index contributed by atoms with van der Waals surface area (Å²) in [5.74, 6) is 0. The van der Waals surface area contributed by atoms with Crippen LogP contribution in [0.5, 0.6) is 0 Å². The van der Waals surface area contributed by atoms with E-state index in [1.165, 1.54) is 0 Å². The van der Waals surface area contributed by atoms with Crippen LogP contribution in [-0.2, 0) is 0 Å². The van der Waals surface area contributed by atoms with Crippen molar-refractivity contribution in [3.05, 3.63) is 45.8 Å². The first kappa shape index (κ1) is 13.5. The second-order valence-electron chi connectivity index (χ2n) is 3.52. The Labute approximate surface area is 105 Å². The van der Waals surface area contributed by atoms with Gasteiger partial charge in [0.05, 0.1) is 17.7 Å². The van der Waals surface area contributed by atoms with E-state index in [1.807, 2.05) is 0 Å². The van der Waals surface area contributed by atoms with E-state index in [9.17, 15) is 0 Å². The monoisotopic (exact) mass is 240 g/mol. The third-order valence-electron chi connectivity index (χ3n) is 2.37. The highest BCUT2D eigenvalue weighted by Crippen LogP contribution is 2.16. The van der Waals surface area contributed by atoms with E-state index in [2.05, 4.69) is 27.5 Å². The van der Waals surface area contributed by atoms with Crippen molar-refractivity contribution in [3.63, 3.8) is 0 Å². The number of hydrogen-bond donors (Lipinski definition) is 1. The first-order valence-corrected chi connectivity index (χ1v) is 5.46. The van der Waals surface area contributed by atoms with E-state index >= 15 is 0 Å². The van der Waals surface area contributed by atoms with E-state index < -0.39 is 6.04 Å². The standard InChI is InChI=1S/C12H12N6/c13-8-10-4-1-2-5-11(10)12(9-14)16-6-3-7-17-18-15/h1-2,4-5,12,16H,3,6-7H2. The molecule has 0 saturated heterocycles. The number of rotatable bonds is 6. The smallest absolute Gasteiger partial charge is 0.122 e. The van der Waals surface area contributed by atoms with Crippen LogP contribution in [0.4, 0.5) is 0 Å². The average Bonchev–Trinajstić information content (AvgIpc) is 2.43. The van der Waals surface area contributed by atoms with Crippen LogP contribution in [0.25, 0.3) is 10.4 Å². The summed E-state index contributed by atoms with van der Waals surface area (Å²) in [6.45, 7) is 0.943. The third-order valence-corrected chi connectivity index (χ3v) is 2.37. The van der Waals surface area contributed by atoms with Gasteiger partial charge in [-0.2, -0.15) is 10.5 Å². The first-order chi connectivity index (χ1) is 8.83. The summed E-state index contributed by atoms with van der Waals surface area (Å²) in [5, 5.41) is 24.5. The normalized spacial score (nSPS) is 10.8. The van der Waals surface area contributed by atoms with Crippen LogP contribution in [0.15, 0.2) is 29.4 Å². The largest absolute Gasteiger partial charge is 0.298 e. The van der Waals surface area contributed by atoms with Crippen molar-refractivity contribution in [1.29, 1.82) is 10.5 Å². The Bertz CT molecular complexity index is 518. The molecule has 18 heavy (non-hydrogen) atoms. The molecule has 0 aliphatic rings. The zero-order valence-electron chi connectivity index (χ0n) is 9.74. The second-order valence-corrected chi connectivity index (χ2v) is 3.52. The van der Waals surface area contributed by atoms with Gasteiger partial charge in [0.1, 0.15) is 6.04 Å². The van der Waals surface area contributed by atoms with Crippen LogP contribution in [0.3, 0.4) is 0 Å². The molecule has 90 valence electrons. The van der Waals surface area contributed by atoms with Crippen LogP contribution in [0, 0.1) is 22.7 Å². The Morgan fingerprint density at radius 2 is 2.17 bits per heavy atom. The number of benzene rings is 1. The molecule has 0 spiro atoms. The molecule has 0 aliphatic heterocycles. The van der Waals surface area contributed by atoms with Gasteiger partial charge in [0, 0.05) is 17.0 Å². The van der Waals surface area contributed by atoms with Gasteiger partial charge in [0.25, 0.3) is 0 Å². The second kappa shape index (κ2) is 7.70. The van der Waals surface area contributed by atoms with Crippen LogP contribution < -0.4 is 5.32 Å². The van der Waals surface area contributed by atoms with Gasteiger partial charge >= 0.3 is 0 Å². The van der Waals surface area contributed by atoms with Gasteiger partial charge in [-0.3, -0.25) is 5.32 Å². The highest BCUT2D eigenvalue weighted by molar-refractivity contribution is 5.41. The number of nitrogens with one attached hydrogen (secondary N) is 1. The van der Waals surface area contributed by atoms with E-state index in [0.29, 0.717) is 30.6 Å². The van der Waals surface area contributed by atoms with Crippen LogP contribution in [-0.4, -0.2) is 13.1 Å². The molecule has 0 amide bonds. The predicted molar refractivity (Wildman–Crippen MR) is 66.1 cm³/mol. The fourth-order valence-electron chi connectivity index (χ4n) is 1.52. The minimum atomic E-state index is -0.521. The molecule has 0 bridgehead atoms. The summed E-state index contributed by atoms with van der Waals surface area (Å²) in [4.78, 5) is 2.65. The lowest BCUT2D eigenvalue weighted by Gasteiger charge is -2.12. The molecule has 0 fully saturated rings. The lowest BCUT2D eigenvalue weighted by Crippen LogP contribution is -2.22. The fourth-order valence-corrected chi connectivity index (χ4v) is 1.52. The van der Waals surface area contributed by atoms with Gasteiger partial charge in [-0.05, 0) is 24.6 Å². The number of nitrogens with zero attached hydrogens (tertiary/aromatic N) is 5. The van der Waals surface area contributed by atoms with Crippen LogP contribution in [0.2, 0.25) is 0 Å². The number of nitriles is 2. The number of azide groups is 1. The van der Waals surface area contributed by atoms with Crippen molar-refractivity contribution in [3.8, 4) is 12.1 Å². The van der Waals surface area contributed by atoms with Gasteiger partial charge in [-0.25, -0.2) is 0 Å². The molecule has 0 radical (unpaired) electrons. The van der Waals surface area contributed by atoms with E-state index in [1.54, 1.807) is 24.3 Å². The van der Waals surface area contributed by atoms with Crippen molar-refractivity contribution in [2.75, 3.05) is 13.1 Å². The van der Waals surface area contributed by atoms with Crippen molar-refractivity contribution in [1.82, 2.24) is 5.32 Å². The molecule has 0 aromatic heterocycles. The summed E-state index contributed by atoms with van der Waals surface area (Å²) >= 11 is 0. The Balaban J connectivity index is 2.64. The summed E-state index contributed by atoms with van der Waals surface area (Å²) in [5.41, 5.74) is 9.28. The Kier molecular flexibility index (Phi) is 5.79. The SMILES string of the molecule is N#Cc1ccccc1C(C#N)NCCCN=[N+]=[N-]. The van der Waals surface area contributed by atoms with E-state index in [4.69, 9.17) is 16.1 Å². The number of hydrogen-bond acceptors (Lipinski definition) is 4. The third kappa shape index (κ3) is 3.80. The van der Waals surface area contributed by atoms with E-state index in [0.717, 1.165) is 0 Å². The molecule has 1 aromatic rings. The van der Waals surface area contributed by atoms with Crippen molar-refractivity contribution < 1.29 is 0 Å². The van der Waals surface area contributed by atoms with Crippen molar-refractivity contribution >= 4 is 0 Å². The highest BCUT2D eigenvalue weighted by Gasteiger charge is 2.12. The molecule has 1 atom stereocenters. The van der Waals surface area contributed by atoms with Crippen LogP contribution in [0.1, 0.15) is 23.6 Å². The minimum absolute atomic E-state index is 0.390. The Morgan fingerprint density at radius 1 is 1.39 bits per heavy atom. The fraction of sp³-hybridized carbons (Fsp3) is 0.333. The maximum atomic E-state index is 9.10. The van der Waals surface area contributed by atoms with Crippen LogP contribution >= 0.6 is 0 Å². The first-order valence-electron chi connectivity index (χ1n) is 5.46. The summed E-state index contributed by atoms with van der Waals surface area (Å²) in [6.07, 6.45) is 0.650. The van der Waals surface area contributed by atoms with Crippen molar-refractivity contribution in [2.45, 2.75) is 12.5 Å². The molecule has 0 heterocycles. The topological polar surface area (TPSA) is 108 Å². The van der Waals surface area contributed by atoms with Gasteiger partial charge in [0.2, 0.25) is 0 Å². The summed E-state index contributed by atoms with van der Waals surface area (Å²) in [6, 6.07) is 10.7. The summed E-state index contributed by atoms with van der Waals surface area (Å²) < 4.78 is 0. The Hall–Kier alpha value is -2.53. The highest BCUT2D eigenvalue weighted by atomic mass is 15.1. The van der Waals surface area contributed by atoms with Gasteiger partial charge in [-0.1, -0.05) is 23.3 Å². The molecule has 1 rings (SSSR count). The molecule has 1 N–H and O–H groups in total. The summed E-state index contributed by atoms with van der Waals surface area (Å²) in [7, 11) is 0. The minimum Gasteiger partial charge on any atom is -0.298 e. The van der Waals surface area contributed by atoms with Gasteiger partial charge < -0.3 is 0 Å². The zero-order valence-corrected chi connectivity index (χ0v) is 9.74. The molecule has 6 nitrogen and oxygen atoms in total. The quantitative estimate of drug-likeness (QED) is 0.357. The Morgan fingerprint density at radius 3 is 2.83 bits per heavy atom. The van der Waals surface area contributed by atoms with Gasteiger partial charge in [-0.15, -0.1) is 0 Å². The molecule has 1 aromatic carbocycles. The molecule has 0 saturated carbocycles. The lowest BCUT2D eigenvalue weighted by atomic mass is 10.0. The molecule has 0 aliphatic carbocycles. The molecular formula is C12H12N6. The van der Waals surface area contributed by atoms with Crippen molar-refractivity contribution in [2.24, 2.45) is 5.11 Å². The maximum Gasteiger partial charge on any atom is 0.122 e. The van der Waals surface area contributed by atoms with Gasteiger partial charge in [0.15, 0.2) is 0 Å². The molecule has 6 heteroatoms. The van der Waals surface area contributed by atoms with E-state index in [-0.39, 0.29) is 0 Å². The molecular weight excluding hydrogens is 228 g/mol. The maximum absolute atomic E-state index is 9.10. The predicted octanol–water partition coefficient (Wildman–Crippen LogP) is 2.41. The lowest BCUT2D eigenvalue weighted by molar-refractivity contribution is 0.606. The zero-order chi connectivity index (χ0) is 13.2. The average molecular weight is 240 g/mol. The molecule has 1 unspecified atom stereocenters.